The van der Waals surface area contributed by atoms with Gasteiger partial charge in [0.25, 0.3) is 0 Å². The van der Waals surface area contributed by atoms with Crippen molar-refractivity contribution in [1.82, 2.24) is 4.98 Å². The molecule has 0 spiro atoms. The van der Waals surface area contributed by atoms with Crippen molar-refractivity contribution in [3.8, 4) is 28.0 Å². The Hall–Kier alpha value is -3.07. The third-order valence-corrected chi connectivity index (χ3v) is 4.23. The molecule has 0 bridgehead atoms. The van der Waals surface area contributed by atoms with Crippen LogP contribution in [-0.4, -0.2) is 10.1 Å². The Morgan fingerprint density at radius 3 is 2.17 bits per heavy atom. The SMILES string of the molecule is CCc1oc2ncccc2c1-c1ccc(-c2ccc(O)cc2)cc1. The Bertz CT molecular complexity index is 983. The first-order valence-electron chi connectivity index (χ1n) is 8.02. The number of rotatable bonds is 3. The van der Waals surface area contributed by atoms with Gasteiger partial charge in [-0.05, 0) is 41.0 Å². The summed E-state index contributed by atoms with van der Waals surface area (Å²) in [5.41, 5.74) is 5.13. The number of nitrogens with zero attached hydrogens (tertiary/aromatic N) is 1. The van der Waals surface area contributed by atoms with Gasteiger partial charge in [0.15, 0.2) is 0 Å². The van der Waals surface area contributed by atoms with Crippen molar-refractivity contribution in [1.29, 1.82) is 0 Å². The molecule has 3 nitrogen and oxygen atoms in total. The lowest BCUT2D eigenvalue weighted by molar-refractivity contribution is 0.475. The fraction of sp³-hybridized carbons (Fsp3) is 0.0952. The molecule has 0 unspecified atom stereocenters. The van der Waals surface area contributed by atoms with E-state index in [1.165, 1.54) is 0 Å². The van der Waals surface area contributed by atoms with Crippen molar-refractivity contribution in [2.75, 3.05) is 0 Å². The maximum atomic E-state index is 9.41. The van der Waals surface area contributed by atoms with Crippen LogP contribution in [0, 0.1) is 0 Å². The van der Waals surface area contributed by atoms with Crippen LogP contribution in [0.3, 0.4) is 0 Å². The number of aryl methyl sites for hydroxylation is 1. The second-order valence-corrected chi connectivity index (χ2v) is 5.73. The van der Waals surface area contributed by atoms with E-state index in [9.17, 15) is 5.11 Å². The first-order valence-corrected chi connectivity index (χ1v) is 8.02. The molecule has 2 aromatic carbocycles. The van der Waals surface area contributed by atoms with E-state index in [1.807, 2.05) is 24.3 Å². The lowest BCUT2D eigenvalue weighted by Gasteiger charge is -2.05. The second kappa shape index (κ2) is 5.85. The van der Waals surface area contributed by atoms with E-state index in [2.05, 4.69) is 36.2 Å². The zero-order valence-corrected chi connectivity index (χ0v) is 13.4. The summed E-state index contributed by atoms with van der Waals surface area (Å²) < 4.78 is 5.89. The molecule has 118 valence electrons. The largest absolute Gasteiger partial charge is 0.508 e. The Kier molecular flexibility index (Phi) is 3.54. The number of fused-ring (bicyclic) bond motifs is 1. The average Bonchev–Trinajstić information content (AvgIpc) is 3.01. The zero-order chi connectivity index (χ0) is 16.5. The number of hydrogen-bond donors (Lipinski definition) is 1. The fourth-order valence-electron chi connectivity index (χ4n) is 3.03. The highest BCUT2D eigenvalue weighted by Crippen LogP contribution is 2.35. The number of hydrogen-bond acceptors (Lipinski definition) is 3. The van der Waals surface area contributed by atoms with Gasteiger partial charge in [-0.15, -0.1) is 0 Å². The highest BCUT2D eigenvalue weighted by molar-refractivity contribution is 5.94. The minimum atomic E-state index is 0.278. The molecule has 4 aromatic rings. The monoisotopic (exact) mass is 315 g/mol. The average molecular weight is 315 g/mol. The first-order chi connectivity index (χ1) is 11.8. The molecular weight excluding hydrogens is 298 g/mol. The minimum absolute atomic E-state index is 0.278. The molecular formula is C21H17NO2. The predicted molar refractivity (Wildman–Crippen MR) is 95.9 cm³/mol. The van der Waals surface area contributed by atoms with Crippen molar-refractivity contribution in [3.63, 3.8) is 0 Å². The van der Waals surface area contributed by atoms with E-state index in [4.69, 9.17) is 4.42 Å². The minimum Gasteiger partial charge on any atom is -0.508 e. The zero-order valence-electron chi connectivity index (χ0n) is 13.4. The number of aromatic hydroxyl groups is 1. The van der Waals surface area contributed by atoms with E-state index < -0.39 is 0 Å². The van der Waals surface area contributed by atoms with Crippen LogP contribution in [0.5, 0.6) is 5.75 Å². The normalized spacial score (nSPS) is 11.0. The predicted octanol–water partition coefficient (Wildman–Crippen LogP) is 5.43. The molecule has 4 rings (SSSR count). The van der Waals surface area contributed by atoms with Gasteiger partial charge in [0, 0.05) is 23.6 Å². The van der Waals surface area contributed by atoms with Crippen molar-refractivity contribution in [3.05, 3.63) is 72.6 Å². The Balaban J connectivity index is 1.79. The lowest BCUT2D eigenvalue weighted by Crippen LogP contribution is -1.84. The van der Waals surface area contributed by atoms with E-state index in [0.29, 0.717) is 5.71 Å². The van der Waals surface area contributed by atoms with E-state index >= 15 is 0 Å². The molecule has 1 N–H and O–H groups in total. The molecule has 2 aromatic heterocycles. The molecule has 0 atom stereocenters. The summed E-state index contributed by atoms with van der Waals surface area (Å²) in [6, 6.07) is 19.6. The molecule has 3 heteroatoms. The Morgan fingerprint density at radius 2 is 1.50 bits per heavy atom. The van der Waals surface area contributed by atoms with Gasteiger partial charge in [-0.3, -0.25) is 0 Å². The fourth-order valence-corrected chi connectivity index (χ4v) is 3.03. The van der Waals surface area contributed by atoms with Crippen molar-refractivity contribution in [2.24, 2.45) is 0 Å². The summed E-state index contributed by atoms with van der Waals surface area (Å²) in [7, 11) is 0. The molecule has 0 radical (unpaired) electrons. The molecule has 0 aliphatic heterocycles. The topological polar surface area (TPSA) is 46.3 Å². The van der Waals surface area contributed by atoms with E-state index in [1.54, 1.807) is 18.3 Å². The number of phenols is 1. The summed E-state index contributed by atoms with van der Waals surface area (Å²) in [6.07, 6.45) is 2.58. The number of furan rings is 1. The van der Waals surface area contributed by atoms with Crippen molar-refractivity contribution in [2.45, 2.75) is 13.3 Å². The first kappa shape index (κ1) is 14.5. The highest BCUT2D eigenvalue weighted by Gasteiger charge is 2.15. The summed E-state index contributed by atoms with van der Waals surface area (Å²) in [6.45, 7) is 2.09. The van der Waals surface area contributed by atoms with Gasteiger partial charge >= 0.3 is 0 Å². The van der Waals surface area contributed by atoms with Gasteiger partial charge in [-0.2, -0.15) is 0 Å². The summed E-state index contributed by atoms with van der Waals surface area (Å²) in [5, 5.41) is 10.5. The van der Waals surface area contributed by atoms with E-state index in [0.717, 1.165) is 39.8 Å². The summed E-state index contributed by atoms with van der Waals surface area (Å²) in [5.74, 6) is 1.24. The Labute approximate surface area is 140 Å². The van der Waals surface area contributed by atoms with Gasteiger partial charge in [-0.25, -0.2) is 4.98 Å². The van der Waals surface area contributed by atoms with Crippen LogP contribution >= 0.6 is 0 Å². The lowest BCUT2D eigenvalue weighted by atomic mass is 9.98. The standard InChI is InChI=1S/C21H17NO2/c1-2-19-20(18-4-3-13-22-21(18)24-19)16-7-5-14(6-8-16)15-9-11-17(23)12-10-15/h3-13,23H,2H2,1H3. The molecule has 0 saturated carbocycles. The third kappa shape index (κ3) is 2.44. The quantitative estimate of drug-likeness (QED) is 0.548. The molecule has 0 aliphatic carbocycles. The summed E-state index contributed by atoms with van der Waals surface area (Å²) in [4.78, 5) is 4.32. The molecule has 0 saturated heterocycles. The van der Waals surface area contributed by atoms with Crippen LogP contribution in [0.4, 0.5) is 0 Å². The maximum absolute atomic E-state index is 9.41. The third-order valence-electron chi connectivity index (χ3n) is 4.23. The number of benzene rings is 2. The number of phenolic OH excluding ortho intramolecular Hbond substituents is 1. The van der Waals surface area contributed by atoms with Crippen molar-refractivity contribution >= 4 is 11.1 Å². The Morgan fingerprint density at radius 1 is 0.875 bits per heavy atom. The molecule has 2 heterocycles. The molecule has 0 aliphatic rings. The van der Waals surface area contributed by atoms with Gasteiger partial charge < -0.3 is 9.52 Å². The van der Waals surface area contributed by atoms with Crippen LogP contribution in [0.2, 0.25) is 0 Å². The molecule has 0 amide bonds. The summed E-state index contributed by atoms with van der Waals surface area (Å²) >= 11 is 0. The van der Waals surface area contributed by atoms with Gasteiger partial charge in [0.1, 0.15) is 11.5 Å². The molecule has 0 fully saturated rings. The van der Waals surface area contributed by atoms with Crippen LogP contribution in [0.15, 0.2) is 71.3 Å². The second-order valence-electron chi connectivity index (χ2n) is 5.73. The van der Waals surface area contributed by atoms with E-state index in [-0.39, 0.29) is 5.75 Å². The van der Waals surface area contributed by atoms with Crippen LogP contribution < -0.4 is 0 Å². The number of pyridine rings is 1. The van der Waals surface area contributed by atoms with Crippen molar-refractivity contribution < 1.29 is 9.52 Å². The maximum Gasteiger partial charge on any atom is 0.226 e. The van der Waals surface area contributed by atoms with Gasteiger partial charge in [0.05, 0.1) is 0 Å². The molecule has 24 heavy (non-hydrogen) atoms. The van der Waals surface area contributed by atoms with Crippen LogP contribution in [-0.2, 0) is 6.42 Å². The van der Waals surface area contributed by atoms with Gasteiger partial charge in [0.2, 0.25) is 5.71 Å². The van der Waals surface area contributed by atoms with Gasteiger partial charge in [-0.1, -0.05) is 43.3 Å². The van der Waals surface area contributed by atoms with Crippen LogP contribution in [0.25, 0.3) is 33.4 Å². The smallest absolute Gasteiger partial charge is 0.226 e. The highest BCUT2D eigenvalue weighted by atomic mass is 16.3. The van der Waals surface area contributed by atoms with Crippen LogP contribution in [0.1, 0.15) is 12.7 Å². The number of aromatic nitrogens is 1.